The number of rotatable bonds is 2. The number of hydrogen-bond donors (Lipinski definition) is 0. The van der Waals surface area contributed by atoms with E-state index in [-0.39, 0.29) is 20.9 Å². The highest BCUT2D eigenvalue weighted by Gasteiger charge is 2.34. The number of esters is 1. The van der Waals surface area contributed by atoms with Crippen LogP contribution in [0.4, 0.5) is 13.2 Å². The molecular weight excluding hydrogens is 369 g/mol. The molecule has 0 aliphatic carbocycles. The smallest absolute Gasteiger partial charge is 0.417 e. The summed E-state index contributed by atoms with van der Waals surface area (Å²) < 4.78 is 42.2. The molecule has 1 aromatic carbocycles. The zero-order chi connectivity index (χ0) is 13.2. The molecule has 17 heavy (non-hydrogen) atoms. The zero-order valence-electron chi connectivity index (χ0n) is 8.57. The van der Waals surface area contributed by atoms with Crippen molar-refractivity contribution < 1.29 is 22.7 Å². The van der Waals surface area contributed by atoms with Crippen LogP contribution in [0.1, 0.15) is 21.5 Å². The van der Waals surface area contributed by atoms with E-state index in [9.17, 15) is 18.0 Å². The van der Waals surface area contributed by atoms with Crippen molar-refractivity contribution in [2.75, 3.05) is 7.11 Å². The van der Waals surface area contributed by atoms with E-state index in [1.807, 2.05) is 0 Å². The van der Waals surface area contributed by atoms with Crippen LogP contribution in [0.25, 0.3) is 0 Å². The molecule has 0 heterocycles. The first-order valence-electron chi connectivity index (χ1n) is 4.35. The molecular formula is C10H7Br2F3O2. The van der Waals surface area contributed by atoms with E-state index in [2.05, 4.69) is 36.6 Å². The maximum Gasteiger partial charge on any atom is 0.417 e. The highest BCUT2D eigenvalue weighted by atomic mass is 79.9. The minimum Gasteiger partial charge on any atom is -0.465 e. The van der Waals surface area contributed by atoms with Crippen molar-refractivity contribution in [1.82, 2.24) is 0 Å². The van der Waals surface area contributed by atoms with Gasteiger partial charge in [-0.15, -0.1) is 0 Å². The largest absolute Gasteiger partial charge is 0.465 e. The topological polar surface area (TPSA) is 26.3 Å². The number of hydrogen-bond acceptors (Lipinski definition) is 2. The van der Waals surface area contributed by atoms with Crippen LogP contribution in [0.15, 0.2) is 16.6 Å². The van der Waals surface area contributed by atoms with Gasteiger partial charge in [0.05, 0.1) is 18.2 Å². The maximum atomic E-state index is 12.6. The average Bonchev–Trinajstić information content (AvgIpc) is 2.26. The van der Waals surface area contributed by atoms with E-state index >= 15 is 0 Å². The van der Waals surface area contributed by atoms with E-state index in [0.29, 0.717) is 0 Å². The first-order valence-corrected chi connectivity index (χ1v) is 6.26. The predicted molar refractivity (Wildman–Crippen MR) is 63.1 cm³/mol. The number of ether oxygens (including phenoxy) is 1. The molecule has 0 aliphatic heterocycles. The van der Waals surface area contributed by atoms with Crippen molar-refractivity contribution in [3.63, 3.8) is 0 Å². The second-order valence-corrected chi connectivity index (χ2v) is 4.53. The Morgan fingerprint density at radius 3 is 2.41 bits per heavy atom. The molecule has 7 heteroatoms. The van der Waals surface area contributed by atoms with Crippen LogP contribution in [-0.4, -0.2) is 13.1 Å². The van der Waals surface area contributed by atoms with Gasteiger partial charge in [-0.05, 0) is 17.7 Å². The maximum absolute atomic E-state index is 12.6. The molecule has 2 nitrogen and oxygen atoms in total. The Labute approximate surface area is 112 Å². The minimum atomic E-state index is -4.47. The monoisotopic (exact) mass is 374 g/mol. The van der Waals surface area contributed by atoms with Crippen LogP contribution < -0.4 is 0 Å². The molecule has 0 saturated carbocycles. The molecule has 0 bridgehead atoms. The molecule has 1 aromatic rings. The zero-order valence-corrected chi connectivity index (χ0v) is 11.7. The SMILES string of the molecule is COC(=O)c1cc(Br)c(C(F)(F)F)cc1CBr. The molecule has 1 rings (SSSR count). The molecule has 0 atom stereocenters. The highest BCUT2D eigenvalue weighted by Crippen LogP contribution is 2.37. The Morgan fingerprint density at radius 1 is 1.41 bits per heavy atom. The summed E-state index contributed by atoms with van der Waals surface area (Å²) in [6, 6.07) is 2.04. The Balaban J connectivity index is 3.40. The van der Waals surface area contributed by atoms with E-state index in [1.165, 1.54) is 7.11 Å². The van der Waals surface area contributed by atoms with Crippen molar-refractivity contribution in [3.8, 4) is 0 Å². The number of halogens is 5. The third kappa shape index (κ3) is 3.22. The molecule has 0 unspecified atom stereocenters. The lowest BCUT2D eigenvalue weighted by atomic mass is 10.0. The number of alkyl halides is 4. The van der Waals surface area contributed by atoms with Crippen LogP contribution in [0, 0.1) is 0 Å². The summed E-state index contributed by atoms with van der Waals surface area (Å²) in [7, 11) is 1.17. The normalized spacial score (nSPS) is 11.4. The molecule has 0 N–H and O–H groups in total. The lowest BCUT2D eigenvalue weighted by Crippen LogP contribution is -2.11. The van der Waals surface area contributed by atoms with Crippen LogP contribution in [-0.2, 0) is 16.2 Å². The fourth-order valence-electron chi connectivity index (χ4n) is 1.25. The second-order valence-electron chi connectivity index (χ2n) is 3.11. The predicted octanol–water partition coefficient (Wildman–Crippen LogP) is 4.15. The highest BCUT2D eigenvalue weighted by molar-refractivity contribution is 9.10. The number of benzene rings is 1. The lowest BCUT2D eigenvalue weighted by Gasteiger charge is -2.13. The van der Waals surface area contributed by atoms with E-state index in [1.54, 1.807) is 0 Å². The first-order chi connectivity index (χ1) is 7.81. The molecule has 0 amide bonds. The summed E-state index contributed by atoms with van der Waals surface area (Å²) >= 11 is 5.84. The van der Waals surface area contributed by atoms with Crippen molar-refractivity contribution in [3.05, 3.63) is 33.3 Å². The van der Waals surface area contributed by atoms with Crippen LogP contribution in [0.5, 0.6) is 0 Å². The lowest BCUT2D eigenvalue weighted by molar-refractivity contribution is -0.138. The van der Waals surface area contributed by atoms with Crippen molar-refractivity contribution in [1.29, 1.82) is 0 Å². The molecule has 0 aliphatic rings. The van der Waals surface area contributed by atoms with Gasteiger partial charge in [0, 0.05) is 9.80 Å². The summed E-state index contributed by atoms with van der Waals surface area (Å²) in [6.45, 7) is 0. The molecule has 0 aromatic heterocycles. The summed E-state index contributed by atoms with van der Waals surface area (Å²) in [5.74, 6) is -0.672. The summed E-state index contributed by atoms with van der Waals surface area (Å²) in [4.78, 5) is 11.4. The Kier molecular flexibility index (Phi) is 4.60. The second kappa shape index (κ2) is 5.39. The third-order valence-electron chi connectivity index (χ3n) is 2.05. The van der Waals surface area contributed by atoms with Crippen molar-refractivity contribution in [2.24, 2.45) is 0 Å². The minimum absolute atomic E-state index is 0.101. The van der Waals surface area contributed by atoms with Crippen molar-refractivity contribution >= 4 is 37.8 Å². The summed E-state index contributed by atoms with van der Waals surface area (Å²) in [6.07, 6.45) is -4.47. The average molecular weight is 376 g/mol. The van der Waals surface area contributed by atoms with Gasteiger partial charge in [0.1, 0.15) is 0 Å². The standard InChI is InChI=1S/C10H7Br2F3O2/c1-17-9(16)6-3-8(12)7(10(13,14)15)2-5(6)4-11/h2-3H,4H2,1H3. The first kappa shape index (κ1) is 14.5. The van der Waals surface area contributed by atoms with Gasteiger partial charge >= 0.3 is 12.1 Å². The van der Waals surface area contributed by atoms with Crippen LogP contribution in [0.2, 0.25) is 0 Å². The fourth-order valence-corrected chi connectivity index (χ4v) is 2.28. The van der Waals surface area contributed by atoms with E-state index < -0.39 is 17.7 Å². The summed E-state index contributed by atoms with van der Waals surface area (Å²) in [5.41, 5.74) is -0.490. The van der Waals surface area contributed by atoms with Crippen LogP contribution in [0.3, 0.4) is 0 Å². The van der Waals surface area contributed by atoms with Gasteiger partial charge in [0.25, 0.3) is 0 Å². The quantitative estimate of drug-likeness (QED) is 0.573. The molecule has 0 radical (unpaired) electrons. The molecule has 0 spiro atoms. The van der Waals surface area contributed by atoms with Gasteiger partial charge in [-0.25, -0.2) is 4.79 Å². The van der Waals surface area contributed by atoms with Gasteiger partial charge in [0.15, 0.2) is 0 Å². The van der Waals surface area contributed by atoms with Gasteiger partial charge < -0.3 is 4.74 Å². The summed E-state index contributed by atoms with van der Waals surface area (Å²) in [5, 5.41) is 0.133. The van der Waals surface area contributed by atoms with E-state index in [0.717, 1.165) is 12.1 Å². The molecule has 0 fully saturated rings. The van der Waals surface area contributed by atoms with Gasteiger partial charge in [-0.1, -0.05) is 31.9 Å². The molecule has 0 saturated heterocycles. The Hall–Kier alpha value is -0.560. The molecule has 94 valence electrons. The van der Waals surface area contributed by atoms with Gasteiger partial charge in [0.2, 0.25) is 0 Å². The number of carbonyl (C=O) groups excluding carboxylic acids is 1. The van der Waals surface area contributed by atoms with Gasteiger partial charge in [-0.3, -0.25) is 0 Å². The van der Waals surface area contributed by atoms with E-state index in [4.69, 9.17) is 0 Å². The Bertz CT molecular complexity index is 444. The fraction of sp³-hybridized carbons (Fsp3) is 0.300. The van der Waals surface area contributed by atoms with Crippen LogP contribution >= 0.6 is 31.9 Å². The number of methoxy groups -OCH3 is 1. The number of carbonyl (C=O) groups is 1. The third-order valence-corrected chi connectivity index (χ3v) is 3.31. The Morgan fingerprint density at radius 2 is 2.00 bits per heavy atom. The van der Waals surface area contributed by atoms with Crippen molar-refractivity contribution in [2.45, 2.75) is 11.5 Å². The van der Waals surface area contributed by atoms with Gasteiger partial charge in [-0.2, -0.15) is 13.2 Å².